The molecular formula is C14H23N3O2S. The molecule has 20 heavy (non-hydrogen) atoms. The molecular weight excluding hydrogens is 274 g/mol. The van der Waals surface area contributed by atoms with Gasteiger partial charge in [0.1, 0.15) is 5.82 Å². The quantitative estimate of drug-likeness (QED) is 0.866. The normalized spacial score (nSPS) is 22.8. The Morgan fingerprint density at radius 3 is 2.80 bits per heavy atom. The highest BCUT2D eigenvalue weighted by Gasteiger charge is 2.31. The number of carbonyl (C=O) groups excluding carboxylic acids is 1. The van der Waals surface area contributed by atoms with Gasteiger partial charge in [-0.3, -0.25) is 4.79 Å². The third kappa shape index (κ3) is 3.69. The molecule has 0 radical (unpaired) electrons. The SMILES string of the molecule is CCOC(=O)C1CCC(Nc2nc(C(C)(C)C)ns2)C1. The van der Waals surface area contributed by atoms with Gasteiger partial charge < -0.3 is 10.1 Å². The first-order valence-corrected chi connectivity index (χ1v) is 7.95. The van der Waals surface area contributed by atoms with Crippen LogP contribution in [-0.4, -0.2) is 28.0 Å². The van der Waals surface area contributed by atoms with Crippen molar-refractivity contribution < 1.29 is 9.53 Å². The number of nitrogens with zero attached hydrogens (tertiary/aromatic N) is 2. The molecule has 1 fully saturated rings. The molecule has 1 aliphatic rings. The van der Waals surface area contributed by atoms with Gasteiger partial charge in [-0.15, -0.1) is 0 Å². The zero-order valence-corrected chi connectivity index (χ0v) is 13.4. The number of ether oxygens (including phenoxy) is 1. The van der Waals surface area contributed by atoms with Crippen LogP contribution >= 0.6 is 11.5 Å². The molecule has 1 aromatic rings. The van der Waals surface area contributed by atoms with Crippen LogP contribution in [-0.2, 0) is 14.9 Å². The van der Waals surface area contributed by atoms with Crippen molar-refractivity contribution in [2.24, 2.45) is 5.92 Å². The smallest absolute Gasteiger partial charge is 0.308 e. The Labute approximate surface area is 124 Å². The molecule has 0 bridgehead atoms. The monoisotopic (exact) mass is 297 g/mol. The van der Waals surface area contributed by atoms with E-state index in [4.69, 9.17) is 4.74 Å². The van der Waals surface area contributed by atoms with Crippen molar-refractivity contribution in [3.05, 3.63) is 5.82 Å². The second kappa shape index (κ2) is 6.08. The highest BCUT2D eigenvalue weighted by molar-refractivity contribution is 7.09. The van der Waals surface area contributed by atoms with Gasteiger partial charge in [0.25, 0.3) is 0 Å². The predicted molar refractivity (Wildman–Crippen MR) is 80.0 cm³/mol. The molecule has 1 heterocycles. The average molecular weight is 297 g/mol. The molecule has 0 saturated heterocycles. The van der Waals surface area contributed by atoms with Crippen LogP contribution in [0.1, 0.15) is 52.8 Å². The third-order valence-electron chi connectivity index (χ3n) is 3.48. The van der Waals surface area contributed by atoms with E-state index >= 15 is 0 Å². The van der Waals surface area contributed by atoms with Gasteiger partial charge in [-0.2, -0.15) is 4.37 Å². The Morgan fingerprint density at radius 2 is 2.20 bits per heavy atom. The summed E-state index contributed by atoms with van der Waals surface area (Å²) in [5.74, 6) is 0.830. The fraction of sp³-hybridized carbons (Fsp3) is 0.786. The van der Waals surface area contributed by atoms with Crippen molar-refractivity contribution in [2.75, 3.05) is 11.9 Å². The number of aromatic nitrogens is 2. The lowest BCUT2D eigenvalue weighted by Gasteiger charge is -2.13. The minimum atomic E-state index is -0.0653. The Kier molecular flexibility index (Phi) is 4.62. The number of anilines is 1. The van der Waals surface area contributed by atoms with Crippen LogP contribution in [0.2, 0.25) is 0 Å². The summed E-state index contributed by atoms with van der Waals surface area (Å²) in [6.45, 7) is 8.61. The molecule has 1 aromatic heterocycles. The van der Waals surface area contributed by atoms with E-state index in [-0.39, 0.29) is 17.3 Å². The molecule has 112 valence electrons. The highest BCUT2D eigenvalue weighted by atomic mass is 32.1. The Hall–Kier alpha value is -1.17. The summed E-state index contributed by atoms with van der Waals surface area (Å²) in [5.41, 5.74) is -0.0282. The van der Waals surface area contributed by atoms with Crippen molar-refractivity contribution in [1.82, 2.24) is 9.36 Å². The second-order valence-corrected chi connectivity index (χ2v) is 7.03. The number of nitrogens with one attached hydrogen (secondary N) is 1. The summed E-state index contributed by atoms with van der Waals surface area (Å²) in [5, 5.41) is 4.25. The van der Waals surface area contributed by atoms with Crippen LogP contribution in [0.4, 0.5) is 5.13 Å². The molecule has 1 aliphatic carbocycles. The number of carbonyl (C=O) groups is 1. The average Bonchev–Trinajstić information content (AvgIpc) is 2.98. The number of rotatable bonds is 4. The van der Waals surface area contributed by atoms with Crippen LogP contribution < -0.4 is 5.32 Å². The van der Waals surface area contributed by atoms with E-state index in [1.54, 1.807) is 0 Å². The summed E-state index contributed by atoms with van der Waals surface area (Å²) in [4.78, 5) is 16.2. The Balaban J connectivity index is 1.89. The Bertz CT molecular complexity index is 467. The fourth-order valence-corrected chi connectivity index (χ4v) is 3.18. The molecule has 2 unspecified atom stereocenters. The van der Waals surface area contributed by atoms with Gasteiger partial charge in [0.05, 0.1) is 12.5 Å². The lowest BCUT2D eigenvalue weighted by atomic mass is 9.96. The lowest BCUT2D eigenvalue weighted by Crippen LogP contribution is -2.20. The summed E-state index contributed by atoms with van der Waals surface area (Å²) in [6, 6.07) is 0.296. The molecule has 0 amide bonds. The van der Waals surface area contributed by atoms with Crippen molar-refractivity contribution in [3.63, 3.8) is 0 Å². The number of hydrogen-bond acceptors (Lipinski definition) is 6. The minimum Gasteiger partial charge on any atom is -0.466 e. The van der Waals surface area contributed by atoms with E-state index in [9.17, 15) is 4.79 Å². The molecule has 2 atom stereocenters. The first-order valence-electron chi connectivity index (χ1n) is 7.17. The first-order chi connectivity index (χ1) is 9.40. The molecule has 1 N–H and O–H groups in total. The maximum Gasteiger partial charge on any atom is 0.308 e. The molecule has 5 nitrogen and oxygen atoms in total. The highest BCUT2D eigenvalue weighted by Crippen LogP contribution is 2.30. The number of hydrogen-bond donors (Lipinski definition) is 1. The lowest BCUT2D eigenvalue weighted by molar-refractivity contribution is -0.147. The van der Waals surface area contributed by atoms with Crippen LogP contribution in [0.15, 0.2) is 0 Å². The van der Waals surface area contributed by atoms with Crippen LogP contribution in [0.25, 0.3) is 0 Å². The number of esters is 1. The zero-order chi connectivity index (χ0) is 14.8. The largest absolute Gasteiger partial charge is 0.466 e. The molecule has 2 rings (SSSR count). The Morgan fingerprint density at radius 1 is 1.45 bits per heavy atom. The second-order valence-electron chi connectivity index (χ2n) is 6.28. The van der Waals surface area contributed by atoms with Crippen LogP contribution in [0.5, 0.6) is 0 Å². The van der Waals surface area contributed by atoms with E-state index < -0.39 is 0 Å². The van der Waals surface area contributed by atoms with Gasteiger partial charge >= 0.3 is 5.97 Å². The van der Waals surface area contributed by atoms with E-state index in [0.29, 0.717) is 12.6 Å². The van der Waals surface area contributed by atoms with Gasteiger partial charge in [-0.05, 0) is 26.2 Å². The van der Waals surface area contributed by atoms with E-state index in [0.717, 1.165) is 30.2 Å². The van der Waals surface area contributed by atoms with E-state index in [1.807, 2.05) is 6.92 Å². The molecule has 0 aromatic carbocycles. The summed E-state index contributed by atoms with van der Waals surface area (Å²) in [7, 11) is 0. The molecule has 1 saturated carbocycles. The third-order valence-corrected chi connectivity index (χ3v) is 4.12. The van der Waals surface area contributed by atoms with E-state index in [2.05, 4.69) is 35.4 Å². The van der Waals surface area contributed by atoms with Gasteiger partial charge in [0, 0.05) is 23.0 Å². The maximum atomic E-state index is 11.7. The molecule has 0 spiro atoms. The predicted octanol–water partition coefficient (Wildman–Crippen LogP) is 2.98. The van der Waals surface area contributed by atoms with Gasteiger partial charge in [0.15, 0.2) is 0 Å². The first kappa shape index (κ1) is 15.2. The van der Waals surface area contributed by atoms with Crippen LogP contribution in [0, 0.1) is 5.92 Å². The van der Waals surface area contributed by atoms with Crippen molar-refractivity contribution in [1.29, 1.82) is 0 Å². The topological polar surface area (TPSA) is 64.1 Å². The summed E-state index contributed by atoms with van der Waals surface area (Å²) >= 11 is 1.39. The maximum absolute atomic E-state index is 11.7. The van der Waals surface area contributed by atoms with Crippen molar-refractivity contribution in [2.45, 2.75) is 58.4 Å². The minimum absolute atomic E-state index is 0.0282. The zero-order valence-electron chi connectivity index (χ0n) is 12.6. The van der Waals surface area contributed by atoms with Crippen molar-refractivity contribution >= 4 is 22.6 Å². The van der Waals surface area contributed by atoms with Gasteiger partial charge in [-0.1, -0.05) is 20.8 Å². The molecule has 6 heteroatoms. The van der Waals surface area contributed by atoms with Gasteiger partial charge in [-0.25, -0.2) is 4.98 Å². The van der Waals surface area contributed by atoms with Crippen LogP contribution in [0.3, 0.4) is 0 Å². The van der Waals surface area contributed by atoms with E-state index in [1.165, 1.54) is 11.5 Å². The fourth-order valence-electron chi connectivity index (χ4n) is 2.35. The summed E-state index contributed by atoms with van der Waals surface area (Å²) < 4.78 is 9.47. The van der Waals surface area contributed by atoms with Crippen molar-refractivity contribution in [3.8, 4) is 0 Å². The standard InChI is InChI=1S/C14H23N3O2S/c1-5-19-11(18)9-6-7-10(8-9)15-13-16-12(17-20-13)14(2,3)4/h9-10H,5-8H2,1-4H3,(H,15,16,17). The van der Waals surface area contributed by atoms with Gasteiger partial charge in [0.2, 0.25) is 5.13 Å². The summed E-state index contributed by atoms with van der Waals surface area (Å²) in [6.07, 6.45) is 2.69. The molecule has 0 aliphatic heterocycles.